The second-order valence-corrected chi connectivity index (χ2v) is 9.10. The molecule has 2 fully saturated rings. The Kier molecular flexibility index (Phi) is 5.31. The first-order valence-electron chi connectivity index (χ1n) is 11.0. The number of likely N-dealkylation sites (tertiary alicyclic amines) is 1. The molecular formula is C22H24F3N7O. The van der Waals surface area contributed by atoms with Gasteiger partial charge in [0.25, 0.3) is 0 Å². The number of fused-ring (bicyclic) bond motifs is 1. The van der Waals surface area contributed by atoms with Crippen LogP contribution in [0, 0.1) is 11.3 Å². The molecule has 1 saturated heterocycles. The Bertz CT molecular complexity index is 1180. The van der Waals surface area contributed by atoms with E-state index in [1.165, 1.54) is 0 Å². The van der Waals surface area contributed by atoms with Crippen LogP contribution >= 0.6 is 0 Å². The molecule has 1 N–H and O–H groups in total. The average molecular weight is 459 g/mol. The van der Waals surface area contributed by atoms with E-state index in [4.69, 9.17) is 0 Å². The molecule has 2 aromatic heterocycles. The summed E-state index contributed by atoms with van der Waals surface area (Å²) in [7, 11) is 1.79. The Hall–Kier alpha value is -3.08. The highest BCUT2D eigenvalue weighted by Gasteiger charge is 2.63. The van der Waals surface area contributed by atoms with Gasteiger partial charge in [-0.15, -0.1) is 15.3 Å². The Morgan fingerprint density at radius 2 is 1.91 bits per heavy atom. The molecule has 1 amide bonds. The summed E-state index contributed by atoms with van der Waals surface area (Å²) in [4.78, 5) is 14.6. The standard InChI is InChI=1S/C22H24F3N7O/c1-31-12-18(28-30-31)15-2-3-17-16(10-15)11-19(29-27-17)26-20(33)14-4-8-32(9-5-14)13-21(6-7-21)22(23,24)25/h2-3,10-12,14H,4-9,13H2,1H3,(H,26,29,33). The third-order valence-electron chi connectivity index (χ3n) is 6.67. The highest BCUT2D eigenvalue weighted by molar-refractivity contribution is 5.94. The fourth-order valence-electron chi connectivity index (χ4n) is 4.44. The summed E-state index contributed by atoms with van der Waals surface area (Å²) in [6.45, 7) is 1.01. The van der Waals surface area contributed by atoms with E-state index < -0.39 is 11.6 Å². The van der Waals surface area contributed by atoms with Gasteiger partial charge in [0.2, 0.25) is 5.91 Å². The van der Waals surface area contributed by atoms with Gasteiger partial charge in [-0.25, -0.2) is 0 Å². The van der Waals surface area contributed by atoms with Gasteiger partial charge in [0.15, 0.2) is 5.82 Å². The molecule has 1 aromatic carbocycles. The zero-order valence-electron chi connectivity index (χ0n) is 18.1. The maximum Gasteiger partial charge on any atom is 0.395 e. The van der Waals surface area contributed by atoms with E-state index in [2.05, 4.69) is 25.8 Å². The molecule has 11 heteroatoms. The van der Waals surface area contributed by atoms with Gasteiger partial charge in [0.05, 0.1) is 17.1 Å². The van der Waals surface area contributed by atoms with E-state index in [-0.39, 0.29) is 31.2 Å². The van der Waals surface area contributed by atoms with Gasteiger partial charge in [-0.3, -0.25) is 9.48 Å². The number of alkyl halides is 3. The van der Waals surface area contributed by atoms with Crippen molar-refractivity contribution in [3.63, 3.8) is 0 Å². The van der Waals surface area contributed by atoms with Crippen molar-refractivity contribution in [3.05, 3.63) is 30.5 Å². The van der Waals surface area contributed by atoms with E-state index in [1.54, 1.807) is 17.8 Å². The monoisotopic (exact) mass is 459 g/mol. The number of carbonyl (C=O) groups excluding carboxylic acids is 1. The molecule has 1 aliphatic carbocycles. The number of benzene rings is 1. The second kappa shape index (κ2) is 8.05. The van der Waals surface area contributed by atoms with E-state index >= 15 is 0 Å². The number of hydrogen-bond donors (Lipinski definition) is 1. The number of amides is 1. The molecule has 1 aliphatic heterocycles. The van der Waals surface area contributed by atoms with E-state index in [1.807, 2.05) is 29.3 Å². The van der Waals surface area contributed by atoms with Crippen molar-refractivity contribution in [2.75, 3.05) is 25.0 Å². The van der Waals surface area contributed by atoms with Crippen molar-refractivity contribution in [2.24, 2.45) is 18.4 Å². The molecule has 8 nitrogen and oxygen atoms in total. The van der Waals surface area contributed by atoms with Gasteiger partial charge in [0, 0.05) is 30.5 Å². The number of piperidine rings is 1. The van der Waals surface area contributed by atoms with E-state index in [9.17, 15) is 18.0 Å². The molecule has 0 radical (unpaired) electrons. The molecule has 2 aliphatic rings. The molecule has 3 heterocycles. The van der Waals surface area contributed by atoms with E-state index in [0.717, 1.165) is 16.6 Å². The van der Waals surface area contributed by atoms with Crippen molar-refractivity contribution in [1.29, 1.82) is 0 Å². The van der Waals surface area contributed by atoms with Crippen LogP contribution in [-0.2, 0) is 11.8 Å². The molecule has 5 rings (SSSR count). The third kappa shape index (κ3) is 4.41. The molecular weight excluding hydrogens is 435 g/mol. The van der Waals surface area contributed by atoms with Crippen LogP contribution in [0.4, 0.5) is 19.0 Å². The number of hydrogen-bond acceptors (Lipinski definition) is 6. The number of aryl methyl sites for hydroxylation is 1. The zero-order valence-corrected chi connectivity index (χ0v) is 18.1. The maximum atomic E-state index is 13.2. The van der Waals surface area contributed by atoms with Gasteiger partial charge in [-0.2, -0.15) is 13.2 Å². The number of nitrogens with one attached hydrogen (secondary N) is 1. The smallest absolute Gasteiger partial charge is 0.309 e. The number of halogens is 3. The van der Waals surface area contributed by atoms with Gasteiger partial charge < -0.3 is 10.2 Å². The summed E-state index contributed by atoms with van der Waals surface area (Å²) in [6, 6.07) is 7.39. The molecule has 0 bridgehead atoms. The van der Waals surface area contributed by atoms with Gasteiger partial charge in [-0.05, 0) is 57.0 Å². The van der Waals surface area contributed by atoms with Crippen molar-refractivity contribution >= 4 is 22.6 Å². The highest BCUT2D eigenvalue weighted by atomic mass is 19.4. The molecule has 33 heavy (non-hydrogen) atoms. The van der Waals surface area contributed by atoms with Crippen LogP contribution in [0.5, 0.6) is 0 Å². The zero-order chi connectivity index (χ0) is 23.2. The maximum absolute atomic E-state index is 13.2. The molecule has 0 spiro atoms. The first kappa shape index (κ1) is 21.7. The largest absolute Gasteiger partial charge is 0.395 e. The number of aromatic nitrogens is 5. The van der Waals surface area contributed by atoms with Crippen LogP contribution in [0.25, 0.3) is 22.2 Å². The summed E-state index contributed by atoms with van der Waals surface area (Å²) in [5, 5.41) is 20.0. The lowest BCUT2D eigenvalue weighted by Crippen LogP contribution is -2.44. The van der Waals surface area contributed by atoms with Crippen LogP contribution in [0.2, 0.25) is 0 Å². The Morgan fingerprint density at radius 1 is 1.15 bits per heavy atom. The lowest BCUT2D eigenvalue weighted by atomic mass is 9.94. The van der Waals surface area contributed by atoms with Crippen LogP contribution in [-0.4, -0.2) is 61.8 Å². The van der Waals surface area contributed by atoms with Crippen LogP contribution in [0.15, 0.2) is 30.5 Å². The first-order chi connectivity index (χ1) is 15.7. The normalized spacial score (nSPS) is 19.0. The molecule has 174 valence electrons. The molecule has 0 unspecified atom stereocenters. The van der Waals surface area contributed by atoms with Gasteiger partial charge in [0.1, 0.15) is 5.69 Å². The Balaban J connectivity index is 1.21. The number of nitrogens with zero attached hydrogens (tertiary/aromatic N) is 6. The summed E-state index contributed by atoms with van der Waals surface area (Å²) in [5.41, 5.74) is 0.757. The van der Waals surface area contributed by atoms with Crippen molar-refractivity contribution in [3.8, 4) is 11.3 Å². The molecule has 0 atom stereocenters. The Labute approximate surface area is 188 Å². The number of carbonyl (C=O) groups is 1. The summed E-state index contributed by atoms with van der Waals surface area (Å²) in [5.74, 6) is -0.0868. The fraction of sp³-hybridized carbons (Fsp3) is 0.500. The van der Waals surface area contributed by atoms with Crippen molar-refractivity contribution in [1.82, 2.24) is 30.1 Å². The van der Waals surface area contributed by atoms with Gasteiger partial charge >= 0.3 is 6.18 Å². The minimum atomic E-state index is -4.15. The minimum absolute atomic E-state index is 0.0368. The summed E-state index contributed by atoms with van der Waals surface area (Å²) >= 11 is 0. The highest BCUT2D eigenvalue weighted by Crippen LogP contribution is 2.58. The van der Waals surface area contributed by atoms with Crippen LogP contribution in [0.3, 0.4) is 0 Å². The number of anilines is 1. The SMILES string of the molecule is Cn1cc(-c2ccc3nnc(NC(=O)C4CCN(CC5(C(F)(F)F)CC5)CC4)cc3c2)nn1. The minimum Gasteiger partial charge on any atom is -0.309 e. The van der Waals surface area contributed by atoms with E-state index in [0.29, 0.717) is 37.3 Å². The van der Waals surface area contributed by atoms with Crippen molar-refractivity contribution in [2.45, 2.75) is 31.9 Å². The van der Waals surface area contributed by atoms with Gasteiger partial charge in [-0.1, -0.05) is 11.3 Å². The predicted molar refractivity (Wildman–Crippen MR) is 115 cm³/mol. The molecule has 3 aromatic rings. The lowest BCUT2D eigenvalue weighted by molar-refractivity contribution is -0.192. The summed E-state index contributed by atoms with van der Waals surface area (Å²) < 4.78 is 41.3. The Morgan fingerprint density at radius 3 is 2.55 bits per heavy atom. The quantitative estimate of drug-likeness (QED) is 0.629. The molecule has 1 saturated carbocycles. The topological polar surface area (TPSA) is 88.8 Å². The van der Waals surface area contributed by atoms with Crippen LogP contribution < -0.4 is 5.32 Å². The average Bonchev–Trinajstić information content (AvgIpc) is 3.45. The number of rotatable bonds is 5. The predicted octanol–water partition coefficient (Wildman–Crippen LogP) is 3.42. The lowest BCUT2D eigenvalue weighted by Gasteiger charge is -2.34. The van der Waals surface area contributed by atoms with Crippen LogP contribution in [0.1, 0.15) is 25.7 Å². The summed E-state index contributed by atoms with van der Waals surface area (Å²) in [6.07, 6.45) is -0.880. The fourth-order valence-corrected chi connectivity index (χ4v) is 4.44. The second-order valence-electron chi connectivity index (χ2n) is 9.10. The first-order valence-corrected chi connectivity index (χ1v) is 11.0. The van der Waals surface area contributed by atoms with Crippen molar-refractivity contribution < 1.29 is 18.0 Å². The third-order valence-corrected chi connectivity index (χ3v) is 6.67.